The number of amides is 4. The SMILES string of the molecule is C=C1/C(=C\C=C2/CCC[C@@]3(C)C2CCC3[C@@H](C)/C=C/C(OC(=O)NC(C)(C)C(=O)CC(CCCNC(N)=O)C(=O)Nc2ccc(COC(=O)OCC3OC(n4ccc(N)nc4=O)C(C)(F)C3O)cc2)C2CC2)C[C@@H](O)C[C@@H]1O. The van der Waals surface area contributed by atoms with Crippen LogP contribution in [0, 0.1) is 35.0 Å². The van der Waals surface area contributed by atoms with Crippen molar-refractivity contribution in [3.63, 3.8) is 0 Å². The van der Waals surface area contributed by atoms with Crippen LogP contribution in [-0.2, 0) is 35.1 Å². The van der Waals surface area contributed by atoms with E-state index in [0.29, 0.717) is 47.9 Å². The number of aromatic nitrogens is 2. The number of primary amides is 1. The second-order valence-electron chi connectivity index (χ2n) is 22.8. The number of ketones is 1. The first-order valence-corrected chi connectivity index (χ1v) is 27.1. The summed E-state index contributed by atoms with van der Waals surface area (Å²) in [5.41, 5.74) is 9.94. The van der Waals surface area contributed by atoms with Crippen molar-refractivity contribution in [3.05, 3.63) is 100 Å². The highest BCUT2D eigenvalue weighted by atomic mass is 19.1. The molecule has 0 spiro atoms. The van der Waals surface area contributed by atoms with Crippen LogP contribution in [0.2, 0.25) is 0 Å². The molecule has 21 heteroatoms. The maximum Gasteiger partial charge on any atom is 0.508 e. The van der Waals surface area contributed by atoms with Crippen molar-refractivity contribution in [1.82, 2.24) is 20.2 Å². The molecule has 4 aliphatic carbocycles. The molecule has 1 aromatic heterocycles. The number of nitrogens with zero attached hydrogens (tertiary/aromatic N) is 2. The molecule has 10 N–H and O–H groups in total. The molecule has 426 valence electrons. The zero-order chi connectivity index (χ0) is 56.7. The van der Waals surface area contributed by atoms with Gasteiger partial charge in [0.1, 0.15) is 37.3 Å². The summed E-state index contributed by atoms with van der Waals surface area (Å²) in [6, 6.07) is 6.82. The Morgan fingerprint density at radius 1 is 1.04 bits per heavy atom. The first-order chi connectivity index (χ1) is 36.9. The molecule has 0 radical (unpaired) electrons. The molecule has 5 fully saturated rings. The first-order valence-electron chi connectivity index (χ1n) is 27.1. The minimum atomic E-state index is -2.46. The number of nitrogen functional groups attached to an aromatic ring is 1. The minimum absolute atomic E-state index is 0.0830. The van der Waals surface area contributed by atoms with Gasteiger partial charge in [-0.3, -0.25) is 14.2 Å². The fraction of sp³-hybridized carbons (Fsp3) is 0.596. The van der Waals surface area contributed by atoms with E-state index in [1.54, 1.807) is 38.1 Å². The second-order valence-corrected chi connectivity index (χ2v) is 22.8. The van der Waals surface area contributed by atoms with Crippen molar-refractivity contribution in [3.8, 4) is 0 Å². The average molecular weight is 1090 g/mol. The van der Waals surface area contributed by atoms with Crippen LogP contribution in [0.4, 0.5) is 30.3 Å². The van der Waals surface area contributed by atoms with Crippen LogP contribution in [0.25, 0.3) is 0 Å². The number of nitrogens with two attached hydrogens (primary N) is 2. The monoisotopic (exact) mass is 1090 g/mol. The molecule has 4 saturated carbocycles. The summed E-state index contributed by atoms with van der Waals surface area (Å²) in [6.45, 7) is 12.2. The molecule has 4 amide bonds. The molecule has 20 nitrogen and oxygen atoms in total. The van der Waals surface area contributed by atoms with E-state index in [0.717, 1.165) is 62.0 Å². The summed E-state index contributed by atoms with van der Waals surface area (Å²) in [5.74, 6) is -0.672. The molecule has 7 rings (SSSR count). The highest BCUT2D eigenvalue weighted by molar-refractivity contribution is 5.98. The first kappa shape index (κ1) is 59.2. The Labute approximate surface area is 454 Å². The molecule has 8 unspecified atom stereocenters. The number of Topliss-reactive ketones (excluding diaryl/α,β-unsaturated/α-hetero) is 1. The lowest BCUT2D eigenvalue weighted by molar-refractivity contribution is -0.129. The lowest BCUT2D eigenvalue weighted by Crippen LogP contribution is -2.51. The number of benzene rings is 1. The Balaban J connectivity index is 0.895. The number of alkyl carbamates (subject to hydrolysis) is 1. The topological polar surface area (TPSA) is 306 Å². The van der Waals surface area contributed by atoms with Gasteiger partial charge in [0.2, 0.25) is 5.91 Å². The molecular formula is C57H78FN7O13. The van der Waals surface area contributed by atoms with Gasteiger partial charge in [0, 0.05) is 37.2 Å². The molecule has 1 aromatic carbocycles. The van der Waals surface area contributed by atoms with Gasteiger partial charge in [-0.2, -0.15) is 4.98 Å². The Morgan fingerprint density at radius 3 is 2.46 bits per heavy atom. The Kier molecular flexibility index (Phi) is 19.1. The normalized spacial score (nSPS) is 29.3. The number of aliphatic hydroxyl groups excluding tert-OH is 3. The summed E-state index contributed by atoms with van der Waals surface area (Å²) in [5, 5.41) is 39.3. The van der Waals surface area contributed by atoms with E-state index in [1.807, 2.05) is 6.08 Å². The number of fused-ring (bicyclic) bond motifs is 1. The van der Waals surface area contributed by atoms with Crippen LogP contribution in [0.5, 0.6) is 0 Å². The molecule has 2 aromatic rings. The van der Waals surface area contributed by atoms with Crippen LogP contribution in [0.15, 0.2) is 88.9 Å². The Bertz CT molecular complexity index is 2690. The van der Waals surface area contributed by atoms with Gasteiger partial charge in [-0.05, 0) is 155 Å². The molecule has 2 heterocycles. The number of anilines is 2. The summed E-state index contributed by atoms with van der Waals surface area (Å²) in [4.78, 5) is 81.1. The minimum Gasteiger partial charge on any atom is -0.442 e. The molecule has 1 saturated heterocycles. The number of nitrogens with one attached hydrogen (secondary N) is 3. The summed E-state index contributed by atoms with van der Waals surface area (Å²) in [7, 11) is 0. The lowest BCUT2D eigenvalue weighted by atomic mass is 9.61. The maximum atomic E-state index is 15.5. The van der Waals surface area contributed by atoms with Crippen molar-refractivity contribution in [1.29, 1.82) is 0 Å². The largest absolute Gasteiger partial charge is 0.508 e. The van der Waals surface area contributed by atoms with Crippen LogP contribution in [-0.4, -0.2) is 110 Å². The van der Waals surface area contributed by atoms with E-state index in [1.165, 1.54) is 17.8 Å². The predicted molar refractivity (Wildman–Crippen MR) is 287 cm³/mol. The fourth-order valence-electron chi connectivity index (χ4n) is 11.8. The highest BCUT2D eigenvalue weighted by Gasteiger charge is 2.56. The lowest BCUT2D eigenvalue weighted by Gasteiger charge is -2.44. The zero-order valence-electron chi connectivity index (χ0n) is 45.3. The van der Waals surface area contributed by atoms with Crippen molar-refractivity contribution in [2.24, 2.45) is 40.7 Å². The van der Waals surface area contributed by atoms with Gasteiger partial charge in [0.15, 0.2) is 17.7 Å². The van der Waals surface area contributed by atoms with Crippen LogP contribution in [0.1, 0.15) is 123 Å². The third kappa shape index (κ3) is 14.6. The van der Waals surface area contributed by atoms with Crippen molar-refractivity contribution in [2.75, 3.05) is 24.2 Å². The maximum absolute atomic E-state index is 15.5. The predicted octanol–water partition coefficient (Wildman–Crippen LogP) is 6.74. The summed E-state index contributed by atoms with van der Waals surface area (Å²) < 4.78 is 38.2. The molecule has 78 heavy (non-hydrogen) atoms. The van der Waals surface area contributed by atoms with Crippen molar-refractivity contribution in [2.45, 2.75) is 166 Å². The molecule has 5 aliphatic rings. The van der Waals surface area contributed by atoms with Crippen LogP contribution in [0.3, 0.4) is 0 Å². The number of halogens is 1. The number of alkyl halides is 1. The molecule has 12 atom stereocenters. The molecule has 0 bridgehead atoms. The van der Waals surface area contributed by atoms with E-state index >= 15 is 4.39 Å². The number of rotatable bonds is 21. The van der Waals surface area contributed by atoms with Gasteiger partial charge in [-0.15, -0.1) is 0 Å². The fourth-order valence-corrected chi connectivity index (χ4v) is 11.8. The number of carbonyl (C=O) groups excluding carboxylic acids is 5. The number of carbonyl (C=O) groups is 5. The highest BCUT2D eigenvalue weighted by Crippen LogP contribution is 2.59. The number of urea groups is 1. The van der Waals surface area contributed by atoms with Crippen LogP contribution < -0.4 is 33.1 Å². The van der Waals surface area contributed by atoms with E-state index < -0.39 is 96.1 Å². The van der Waals surface area contributed by atoms with Gasteiger partial charge in [-0.25, -0.2) is 23.6 Å². The van der Waals surface area contributed by atoms with Gasteiger partial charge < -0.3 is 61.7 Å². The van der Waals surface area contributed by atoms with E-state index in [4.69, 9.17) is 30.4 Å². The van der Waals surface area contributed by atoms with E-state index in [-0.39, 0.29) is 49.1 Å². The zero-order valence-corrected chi connectivity index (χ0v) is 45.3. The molecule has 1 aliphatic heterocycles. The van der Waals surface area contributed by atoms with E-state index in [9.17, 15) is 44.1 Å². The van der Waals surface area contributed by atoms with Crippen LogP contribution >= 0.6 is 0 Å². The average Bonchev–Trinajstić information content (AvgIpc) is 4.28. The Morgan fingerprint density at radius 2 is 1.77 bits per heavy atom. The summed E-state index contributed by atoms with van der Waals surface area (Å²) in [6.07, 6.45) is 9.46. The van der Waals surface area contributed by atoms with Gasteiger partial charge in [0.05, 0.1) is 17.7 Å². The summed E-state index contributed by atoms with van der Waals surface area (Å²) >= 11 is 0. The quantitative estimate of drug-likeness (QED) is 0.0365. The number of hydrogen-bond donors (Lipinski definition) is 8. The van der Waals surface area contributed by atoms with Gasteiger partial charge in [0.25, 0.3) is 0 Å². The number of ether oxygens (including phenoxy) is 4. The smallest absolute Gasteiger partial charge is 0.442 e. The Hall–Kier alpha value is -6.42. The van der Waals surface area contributed by atoms with Gasteiger partial charge in [-0.1, -0.05) is 56.4 Å². The van der Waals surface area contributed by atoms with Crippen molar-refractivity contribution >= 4 is 41.5 Å². The van der Waals surface area contributed by atoms with E-state index in [2.05, 4.69) is 59.6 Å². The number of aliphatic hydroxyl groups is 3. The molecular weight excluding hydrogens is 1010 g/mol. The number of allylic oxidation sites excluding steroid dienone is 4. The standard InChI is InChI=1S/C57H78FN7O13/c1-32(41-20-21-42-35(9-7-24-56(41,42)5)14-17-37-27-40(66)29-43(67)33(37)2)11-22-44(36-15-16-36)78-53(73)64-55(3,4)46(68)28-38(10-8-25-61-51(60)71)49(70)62-39-18-12-34(13-19-39)30-75-54(74)76-31-45-48(69)57(6,58)50(77-45)65-26-23-47(59)63-52(65)72/h11-14,17-19,22-23,26,32,36,38,40-45,48,50,66-67,69H,2,7-10,15-16,20-21,24-25,27-31H2,1,3-6H3,(H,62,70)(H,64,73)(H2,59,63,72)(H3,60,61,71)/b22-11+,35-14+,37-17-/t32-,38?,40+,41?,42?,43-,44?,45?,48?,50?,56+,57?/m0/s1. The second kappa shape index (κ2) is 25.1. The third-order valence-electron chi connectivity index (χ3n) is 16.6. The van der Waals surface area contributed by atoms with Crippen molar-refractivity contribution < 1.29 is 62.6 Å². The van der Waals surface area contributed by atoms with Gasteiger partial charge >= 0.3 is 24.0 Å². The third-order valence-corrected chi connectivity index (χ3v) is 16.6. The number of hydrogen-bond acceptors (Lipinski definition) is 15.